The lowest BCUT2D eigenvalue weighted by Gasteiger charge is -2.19. The van der Waals surface area contributed by atoms with Crippen molar-refractivity contribution in [3.8, 4) is 11.5 Å². The molecule has 7 heteroatoms. The summed E-state index contributed by atoms with van der Waals surface area (Å²) in [6.07, 6.45) is 5.89. The van der Waals surface area contributed by atoms with Gasteiger partial charge >= 0.3 is 0 Å². The highest BCUT2D eigenvalue weighted by molar-refractivity contribution is 7.90. The van der Waals surface area contributed by atoms with E-state index in [9.17, 15) is 13.2 Å². The number of carbonyl (C=O) groups excluding carboxylic acids is 1. The summed E-state index contributed by atoms with van der Waals surface area (Å²) in [5, 5.41) is 2.93. The van der Waals surface area contributed by atoms with Crippen LogP contribution in [0.1, 0.15) is 54.6 Å². The second-order valence-electron chi connectivity index (χ2n) is 7.43. The number of hydrogen-bond acceptors (Lipinski definition) is 5. The lowest BCUT2D eigenvalue weighted by Crippen LogP contribution is -2.26. The summed E-state index contributed by atoms with van der Waals surface area (Å²) in [6.45, 7) is 1.88. The fraction of sp³-hybridized carbons (Fsp3) is 0.409. The molecule has 1 N–H and O–H groups in total. The maximum absolute atomic E-state index is 12.5. The summed E-state index contributed by atoms with van der Waals surface area (Å²) in [5.41, 5.74) is 1.29. The number of nitrogens with one attached hydrogen (secondary N) is 1. The van der Waals surface area contributed by atoms with Gasteiger partial charge in [0, 0.05) is 11.8 Å². The third kappa shape index (κ3) is 5.29. The maximum atomic E-state index is 12.5. The van der Waals surface area contributed by atoms with Gasteiger partial charge in [0.05, 0.1) is 24.2 Å². The van der Waals surface area contributed by atoms with E-state index in [1.807, 2.05) is 25.1 Å². The van der Waals surface area contributed by atoms with E-state index in [2.05, 4.69) is 5.32 Å². The molecule has 0 radical (unpaired) electrons. The zero-order valence-electron chi connectivity index (χ0n) is 17.0. The number of carbonyl (C=O) groups is 1. The van der Waals surface area contributed by atoms with Crippen LogP contribution < -0.4 is 14.8 Å². The van der Waals surface area contributed by atoms with E-state index >= 15 is 0 Å². The predicted octanol–water partition coefficient (Wildman–Crippen LogP) is 3.91. The quantitative estimate of drug-likeness (QED) is 0.739. The number of hydrogen-bond donors (Lipinski definition) is 1. The van der Waals surface area contributed by atoms with Crippen molar-refractivity contribution in [3.63, 3.8) is 0 Å². The molecule has 1 atom stereocenters. The van der Waals surface area contributed by atoms with E-state index in [1.54, 1.807) is 7.11 Å². The van der Waals surface area contributed by atoms with Gasteiger partial charge in [0.2, 0.25) is 0 Å². The van der Waals surface area contributed by atoms with Gasteiger partial charge in [-0.05, 0) is 74.6 Å². The van der Waals surface area contributed by atoms with Crippen molar-refractivity contribution >= 4 is 15.7 Å². The van der Waals surface area contributed by atoms with Crippen LogP contribution in [0.15, 0.2) is 47.4 Å². The Morgan fingerprint density at radius 2 is 1.72 bits per heavy atom. The first kappa shape index (κ1) is 21.2. The molecule has 3 rings (SSSR count). The first-order chi connectivity index (χ1) is 13.8. The van der Waals surface area contributed by atoms with Gasteiger partial charge in [0.25, 0.3) is 5.91 Å². The molecule has 2 aromatic carbocycles. The summed E-state index contributed by atoms with van der Waals surface area (Å²) in [7, 11) is -1.69. The van der Waals surface area contributed by atoms with Crippen LogP contribution in [-0.4, -0.2) is 33.8 Å². The highest BCUT2D eigenvalue weighted by Gasteiger charge is 2.20. The molecule has 0 saturated heterocycles. The summed E-state index contributed by atoms with van der Waals surface area (Å²) >= 11 is 0. The molecular formula is C22H27NO5S. The van der Waals surface area contributed by atoms with E-state index in [4.69, 9.17) is 9.47 Å². The van der Waals surface area contributed by atoms with E-state index in [0.717, 1.165) is 30.4 Å². The van der Waals surface area contributed by atoms with Crippen molar-refractivity contribution in [3.05, 3.63) is 53.6 Å². The number of amides is 1. The van der Waals surface area contributed by atoms with Gasteiger partial charge in [0.15, 0.2) is 21.3 Å². The summed E-state index contributed by atoms with van der Waals surface area (Å²) in [6, 6.07) is 11.3. The normalized spacial score (nSPS) is 15.7. The van der Waals surface area contributed by atoms with Crippen LogP contribution in [0.3, 0.4) is 0 Å². The first-order valence-corrected chi connectivity index (χ1v) is 11.6. The van der Waals surface area contributed by atoms with Gasteiger partial charge in [0.1, 0.15) is 0 Å². The first-order valence-electron chi connectivity index (χ1n) is 9.73. The Balaban J connectivity index is 1.69. The van der Waals surface area contributed by atoms with Crippen LogP contribution in [0.4, 0.5) is 0 Å². The van der Waals surface area contributed by atoms with Gasteiger partial charge in [-0.3, -0.25) is 4.79 Å². The molecule has 6 nitrogen and oxygen atoms in total. The minimum Gasteiger partial charge on any atom is -0.493 e. The summed E-state index contributed by atoms with van der Waals surface area (Å²) < 4.78 is 34.6. The largest absolute Gasteiger partial charge is 0.493 e. The van der Waals surface area contributed by atoms with Crippen molar-refractivity contribution in [1.82, 2.24) is 5.32 Å². The fourth-order valence-corrected chi connectivity index (χ4v) is 4.08. The minimum absolute atomic E-state index is 0.185. The number of sulfone groups is 1. The maximum Gasteiger partial charge on any atom is 0.251 e. The fourth-order valence-electron chi connectivity index (χ4n) is 3.45. The van der Waals surface area contributed by atoms with E-state index < -0.39 is 9.84 Å². The Hall–Kier alpha value is -2.54. The standard InChI is InChI=1S/C22H27NO5S/c1-15(23-22(24)16-8-11-19(12-9-16)29(3,25)26)17-10-13-20(21(14-17)27-2)28-18-6-4-5-7-18/h8-15,18H,4-7H2,1-3H3,(H,23,24)/t15-/m0/s1. The molecule has 1 fully saturated rings. The van der Waals surface area contributed by atoms with Crippen LogP contribution in [-0.2, 0) is 9.84 Å². The van der Waals surface area contributed by atoms with E-state index in [-0.39, 0.29) is 22.9 Å². The Morgan fingerprint density at radius 1 is 1.07 bits per heavy atom. The van der Waals surface area contributed by atoms with Crippen molar-refractivity contribution in [2.24, 2.45) is 0 Å². The molecule has 1 aliphatic rings. The van der Waals surface area contributed by atoms with Crippen LogP contribution in [0.2, 0.25) is 0 Å². The molecule has 0 aromatic heterocycles. The van der Waals surface area contributed by atoms with Crippen LogP contribution in [0, 0.1) is 0 Å². The molecule has 1 aliphatic carbocycles. The van der Waals surface area contributed by atoms with E-state index in [0.29, 0.717) is 11.3 Å². The van der Waals surface area contributed by atoms with Crippen molar-refractivity contribution in [2.45, 2.75) is 49.6 Å². The molecule has 156 valence electrons. The molecule has 0 aliphatic heterocycles. The number of benzene rings is 2. The van der Waals surface area contributed by atoms with Gasteiger partial charge < -0.3 is 14.8 Å². The van der Waals surface area contributed by atoms with Crippen LogP contribution in [0.5, 0.6) is 11.5 Å². The van der Waals surface area contributed by atoms with Gasteiger partial charge in [-0.2, -0.15) is 0 Å². The Bertz CT molecular complexity index is 963. The average Bonchev–Trinajstić information content (AvgIpc) is 3.20. The molecule has 0 spiro atoms. The molecule has 0 heterocycles. The number of rotatable bonds is 7. The lowest BCUT2D eigenvalue weighted by molar-refractivity contribution is 0.0939. The molecule has 1 amide bonds. The monoisotopic (exact) mass is 417 g/mol. The SMILES string of the molecule is COc1cc([C@H](C)NC(=O)c2ccc(S(C)(=O)=O)cc2)ccc1OC1CCCC1. The summed E-state index contributed by atoms with van der Waals surface area (Å²) in [5.74, 6) is 1.09. The highest BCUT2D eigenvalue weighted by Crippen LogP contribution is 2.33. The van der Waals surface area contributed by atoms with Crippen molar-refractivity contribution in [2.75, 3.05) is 13.4 Å². The Kier molecular flexibility index (Phi) is 6.47. The Labute approximate surface area is 172 Å². The number of methoxy groups -OCH3 is 1. The Morgan fingerprint density at radius 3 is 2.31 bits per heavy atom. The second-order valence-corrected chi connectivity index (χ2v) is 9.44. The van der Waals surface area contributed by atoms with Gasteiger partial charge in [-0.1, -0.05) is 6.07 Å². The third-order valence-corrected chi connectivity index (χ3v) is 6.30. The lowest BCUT2D eigenvalue weighted by atomic mass is 10.1. The molecule has 1 saturated carbocycles. The minimum atomic E-state index is -3.29. The topological polar surface area (TPSA) is 81.7 Å². The molecule has 0 unspecified atom stereocenters. The molecule has 0 bridgehead atoms. The predicted molar refractivity (Wildman–Crippen MR) is 111 cm³/mol. The molecule has 29 heavy (non-hydrogen) atoms. The van der Waals surface area contributed by atoms with Crippen LogP contribution >= 0.6 is 0 Å². The van der Waals surface area contributed by atoms with Crippen molar-refractivity contribution in [1.29, 1.82) is 0 Å². The average molecular weight is 418 g/mol. The zero-order chi connectivity index (χ0) is 21.0. The second kappa shape index (κ2) is 8.86. The van der Waals surface area contributed by atoms with Crippen LogP contribution in [0.25, 0.3) is 0 Å². The van der Waals surface area contributed by atoms with Gasteiger partial charge in [-0.15, -0.1) is 0 Å². The summed E-state index contributed by atoms with van der Waals surface area (Å²) in [4.78, 5) is 12.7. The third-order valence-electron chi connectivity index (χ3n) is 5.18. The van der Waals surface area contributed by atoms with Crippen molar-refractivity contribution < 1.29 is 22.7 Å². The van der Waals surface area contributed by atoms with E-state index in [1.165, 1.54) is 37.1 Å². The highest BCUT2D eigenvalue weighted by atomic mass is 32.2. The number of ether oxygens (including phenoxy) is 2. The molecule has 2 aromatic rings. The van der Waals surface area contributed by atoms with Gasteiger partial charge in [-0.25, -0.2) is 8.42 Å². The zero-order valence-corrected chi connectivity index (χ0v) is 17.8. The molecular weight excluding hydrogens is 390 g/mol. The smallest absolute Gasteiger partial charge is 0.251 e.